The van der Waals surface area contributed by atoms with Gasteiger partial charge in [-0.1, -0.05) is 36.4 Å². The third kappa shape index (κ3) is 5.99. The summed E-state index contributed by atoms with van der Waals surface area (Å²) in [5, 5.41) is 0. The van der Waals surface area contributed by atoms with E-state index in [1.165, 1.54) is 11.6 Å². The smallest absolute Gasteiger partial charge is 0.267 e. The van der Waals surface area contributed by atoms with Crippen LogP contribution in [-0.4, -0.2) is 48.2 Å². The number of piperidine rings is 1. The first-order valence-electron chi connectivity index (χ1n) is 12.5. The number of likely N-dealkylation sites (tertiary alicyclic amines) is 1. The summed E-state index contributed by atoms with van der Waals surface area (Å²) in [5.41, 5.74) is 4.53. The zero-order valence-electron chi connectivity index (χ0n) is 19.9. The number of amides is 1. The topological polar surface area (TPSA) is 77.1 Å². The second-order valence-corrected chi connectivity index (χ2v) is 9.65. The lowest BCUT2D eigenvalue weighted by Gasteiger charge is -2.45. The van der Waals surface area contributed by atoms with E-state index in [0.717, 1.165) is 57.3 Å². The van der Waals surface area contributed by atoms with Gasteiger partial charge < -0.3 is 9.47 Å². The summed E-state index contributed by atoms with van der Waals surface area (Å²) >= 11 is 0. The average molecular weight is 477 g/mol. The lowest BCUT2D eigenvalue weighted by atomic mass is 9.83. The third-order valence-electron chi connectivity index (χ3n) is 6.84. The minimum absolute atomic E-state index is 0.0882. The highest BCUT2D eigenvalue weighted by molar-refractivity contribution is 6.01. The summed E-state index contributed by atoms with van der Waals surface area (Å²) in [4.78, 5) is 32.9. The fourth-order valence-electron chi connectivity index (χ4n) is 5.14. The zero-order valence-corrected chi connectivity index (χ0v) is 19.9. The van der Waals surface area contributed by atoms with Crippen LogP contribution in [0.4, 0.5) is 0 Å². The molecule has 35 heavy (non-hydrogen) atoms. The molecule has 7 nitrogen and oxygen atoms in total. The quantitative estimate of drug-likeness (QED) is 0.496. The highest BCUT2D eigenvalue weighted by atomic mass is 16.8. The van der Waals surface area contributed by atoms with Crippen molar-refractivity contribution >= 4 is 17.8 Å². The van der Waals surface area contributed by atoms with E-state index in [-0.39, 0.29) is 11.7 Å². The predicted molar refractivity (Wildman–Crippen MR) is 132 cm³/mol. The number of carbonyl (C=O) groups is 2. The molecule has 0 bridgehead atoms. The number of carbonyl (C=O) groups excluding carboxylic acids is 2. The van der Waals surface area contributed by atoms with Crippen LogP contribution in [0.15, 0.2) is 54.6 Å². The van der Waals surface area contributed by atoms with E-state index in [0.29, 0.717) is 24.3 Å². The maximum absolute atomic E-state index is 13.2. The summed E-state index contributed by atoms with van der Waals surface area (Å²) in [7, 11) is 0. The van der Waals surface area contributed by atoms with Crippen molar-refractivity contribution in [1.29, 1.82) is 0 Å². The second-order valence-electron chi connectivity index (χ2n) is 9.65. The Morgan fingerprint density at radius 1 is 1.17 bits per heavy atom. The summed E-state index contributed by atoms with van der Waals surface area (Å²) in [5.74, 6) is 0.339. The summed E-state index contributed by atoms with van der Waals surface area (Å²) in [6, 6.07) is 15.9. The van der Waals surface area contributed by atoms with Gasteiger partial charge in [0.25, 0.3) is 5.91 Å². The first-order chi connectivity index (χ1) is 17.1. The van der Waals surface area contributed by atoms with E-state index in [4.69, 9.17) is 14.3 Å². The number of Topliss-reactive ketones (excluding diaryl/α,β-unsaturated/α-hetero) is 1. The number of ether oxygens (including phenoxy) is 2. The predicted octanol–water partition coefficient (Wildman–Crippen LogP) is 4.27. The van der Waals surface area contributed by atoms with Gasteiger partial charge in [0.15, 0.2) is 12.1 Å². The second kappa shape index (κ2) is 10.7. The summed E-state index contributed by atoms with van der Waals surface area (Å²) in [6.07, 6.45) is 7.71. The van der Waals surface area contributed by atoms with Gasteiger partial charge in [0.1, 0.15) is 11.4 Å². The average Bonchev–Trinajstić information content (AvgIpc) is 2.88. The minimum atomic E-state index is -0.479. The van der Waals surface area contributed by atoms with Crippen LogP contribution < -0.4 is 10.2 Å². The lowest BCUT2D eigenvalue weighted by molar-refractivity contribution is -0.198. The first-order valence-corrected chi connectivity index (χ1v) is 12.5. The minimum Gasteiger partial charge on any atom is -0.485 e. The molecule has 2 fully saturated rings. The van der Waals surface area contributed by atoms with Crippen LogP contribution >= 0.6 is 0 Å². The number of hydroxylamine groups is 1. The van der Waals surface area contributed by atoms with Crippen LogP contribution in [0, 0.1) is 0 Å². The van der Waals surface area contributed by atoms with Crippen molar-refractivity contribution < 1.29 is 23.9 Å². The Balaban J connectivity index is 1.21. The molecule has 0 saturated carbocycles. The molecule has 3 aliphatic rings. The molecular formula is C28H32N2O5. The fraction of sp³-hybridized carbons (Fsp3) is 0.429. The molecule has 0 aromatic heterocycles. The van der Waals surface area contributed by atoms with E-state index in [9.17, 15) is 9.59 Å². The molecule has 5 rings (SSSR count). The molecule has 2 saturated heterocycles. The van der Waals surface area contributed by atoms with E-state index in [2.05, 4.69) is 34.6 Å². The number of ketones is 1. The zero-order chi connectivity index (χ0) is 24.1. The molecule has 3 heterocycles. The molecule has 1 amide bonds. The fourth-order valence-corrected chi connectivity index (χ4v) is 5.14. The molecule has 1 N–H and O–H groups in total. The van der Waals surface area contributed by atoms with Crippen molar-refractivity contribution in [3.8, 4) is 5.75 Å². The van der Waals surface area contributed by atoms with Gasteiger partial charge in [0, 0.05) is 32.2 Å². The molecule has 1 spiro atoms. The normalized spacial score (nSPS) is 24.8. The van der Waals surface area contributed by atoms with Crippen LogP contribution in [0.2, 0.25) is 0 Å². The number of fused-ring (bicyclic) bond motifs is 1. The summed E-state index contributed by atoms with van der Waals surface area (Å²) in [6.45, 7) is 3.24. The molecule has 7 heteroatoms. The van der Waals surface area contributed by atoms with E-state index < -0.39 is 11.9 Å². The summed E-state index contributed by atoms with van der Waals surface area (Å²) < 4.78 is 11.9. The molecular weight excluding hydrogens is 444 g/mol. The number of nitrogens with zero attached hydrogens (tertiary/aromatic N) is 1. The Bertz CT molecular complexity index is 1080. The number of benzene rings is 2. The largest absolute Gasteiger partial charge is 0.485 e. The van der Waals surface area contributed by atoms with Gasteiger partial charge in [-0.3, -0.25) is 14.5 Å². The number of nitrogens with one attached hydrogen (secondary N) is 1. The Kier molecular flexibility index (Phi) is 7.27. The molecule has 2 aromatic carbocycles. The number of rotatable bonds is 6. The van der Waals surface area contributed by atoms with Gasteiger partial charge >= 0.3 is 0 Å². The van der Waals surface area contributed by atoms with E-state index in [1.54, 1.807) is 12.1 Å². The van der Waals surface area contributed by atoms with Crippen LogP contribution in [0.1, 0.15) is 60.0 Å². The number of hydrogen-bond acceptors (Lipinski definition) is 6. The van der Waals surface area contributed by atoms with Gasteiger partial charge in [-0.05, 0) is 61.6 Å². The van der Waals surface area contributed by atoms with Crippen molar-refractivity contribution in [3.05, 3.63) is 71.3 Å². The highest BCUT2D eigenvalue weighted by Crippen LogP contribution is 2.39. The molecule has 0 aliphatic carbocycles. The van der Waals surface area contributed by atoms with Gasteiger partial charge in [0.2, 0.25) is 0 Å². The van der Waals surface area contributed by atoms with Crippen LogP contribution in [0.25, 0.3) is 6.08 Å². The van der Waals surface area contributed by atoms with E-state index >= 15 is 0 Å². The van der Waals surface area contributed by atoms with Gasteiger partial charge in [0.05, 0.1) is 12.0 Å². The first kappa shape index (κ1) is 23.7. The molecule has 2 aromatic rings. The van der Waals surface area contributed by atoms with Crippen LogP contribution in [0.3, 0.4) is 0 Å². The SMILES string of the molecule is O=C(C=Cc1ccc2c(c1)C(=O)CC1(CCCN(Cc3ccccc3)C1)O2)NOC1CCCCO1. The van der Waals surface area contributed by atoms with Crippen molar-refractivity contribution in [2.45, 2.75) is 57.0 Å². The maximum Gasteiger partial charge on any atom is 0.267 e. The van der Waals surface area contributed by atoms with E-state index in [1.807, 2.05) is 18.2 Å². The lowest BCUT2D eigenvalue weighted by Crippen LogP contribution is -2.54. The Labute approximate surface area is 206 Å². The molecule has 2 atom stereocenters. The van der Waals surface area contributed by atoms with Crippen molar-refractivity contribution in [2.75, 3.05) is 19.7 Å². The number of hydrogen-bond donors (Lipinski definition) is 1. The Hall–Kier alpha value is -3.00. The molecule has 3 aliphatic heterocycles. The highest BCUT2D eigenvalue weighted by Gasteiger charge is 2.43. The van der Waals surface area contributed by atoms with Gasteiger partial charge in [-0.25, -0.2) is 10.3 Å². The van der Waals surface area contributed by atoms with Crippen LogP contribution in [0.5, 0.6) is 5.75 Å². The van der Waals surface area contributed by atoms with Gasteiger partial charge in [-0.15, -0.1) is 0 Å². The maximum atomic E-state index is 13.2. The Morgan fingerprint density at radius 3 is 2.89 bits per heavy atom. The third-order valence-corrected chi connectivity index (χ3v) is 6.84. The van der Waals surface area contributed by atoms with Crippen molar-refractivity contribution in [2.24, 2.45) is 0 Å². The molecule has 0 radical (unpaired) electrons. The van der Waals surface area contributed by atoms with Crippen molar-refractivity contribution in [1.82, 2.24) is 10.4 Å². The monoisotopic (exact) mass is 476 g/mol. The molecule has 2 unspecified atom stereocenters. The van der Waals surface area contributed by atoms with Gasteiger partial charge in [-0.2, -0.15) is 0 Å². The van der Waals surface area contributed by atoms with Crippen LogP contribution in [-0.2, 0) is 20.9 Å². The Morgan fingerprint density at radius 2 is 2.06 bits per heavy atom. The standard InChI is InChI=1S/C28H32N2O5/c31-24-18-28(14-6-15-30(20-28)19-22-7-2-1-3-8-22)34-25-12-10-21(17-23(24)25)11-13-26(32)29-35-27-9-4-5-16-33-27/h1-3,7-8,10-13,17,27H,4-6,9,14-16,18-20H2,(H,29,32). The van der Waals surface area contributed by atoms with Crippen molar-refractivity contribution in [3.63, 3.8) is 0 Å². The molecule has 184 valence electrons.